The minimum Gasteiger partial charge on any atom is -0.352 e. The third-order valence-corrected chi connectivity index (χ3v) is 3.73. The summed E-state index contributed by atoms with van der Waals surface area (Å²) in [6.07, 6.45) is 3.80. The maximum Gasteiger partial charge on any atom is 0.224 e. The normalized spacial score (nSPS) is 10.4. The third kappa shape index (κ3) is 4.40. The standard InChI is InChI=1S/C19H16ClN3O/c20-16-5-3-4-14(10-16)11-19(24)23-13-15-7-8-18(22-12-15)17-6-1-2-9-21-17/h1-10,12H,11,13H2,(H,23,24). The lowest BCUT2D eigenvalue weighted by molar-refractivity contribution is -0.120. The van der Waals surface area contributed by atoms with Crippen molar-refractivity contribution in [3.8, 4) is 11.4 Å². The van der Waals surface area contributed by atoms with Gasteiger partial charge in [0.15, 0.2) is 0 Å². The van der Waals surface area contributed by atoms with E-state index in [1.165, 1.54) is 0 Å². The van der Waals surface area contributed by atoms with E-state index >= 15 is 0 Å². The highest BCUT2D eigenvalue weighted by Gasteiger charge is 2.05. The van der Waals surface area contributed by atoms with Crippen LogP contribution in [0.4, 0.5) is 0 Å². The van der Waals surface area contributed by atoms with E-state index in [4.69, 9.17) is 11.6 Å². The van der Waals surface area contributed by atoms with Gasteiger partial charge in [-0.1, -0.05) is 35.9 Å². The van der Waals surface area contributed by atoms with Crippen molar-refractivity contribution in [1.29, 1.82) is 0 Å². The van der Waals surface area contributed by atoms with Crippen LogP contribution in [0.2, 0.25) is 5.02 Å². The molecule has 0 unspecified atom stereocenters. The largest absolute Gasteiger partial charge is 0.352 e. The summed E-state index contributed by atoms with van der Waals surface area (Å²) in [4.78, 5) is 20.7. The van der Waals surface area contributed by atoms with E-state index in [0.29, 0.717) is 18.0 Å². The number of pyridine rings is 2. The maximum absolute atomic E-state index is 12.0. The molecule has 0 saturated heterocycles. The fraction of sp³-hybridized carbons (Fsp3) is 0.105. The van der Waals surface area contributed by atoms with Crippen LogP contribution in [0.5, 0.6) is 0 Å². The van der Waals surface area contributed by atoms with Crippen LogP contribution < -0.4 is 5.32 Å². The molecule has 2 heterocycles. The van der Waals surface area contributed by atoms with Gasteiger partial charge in [-0.25, -0.2) is 0 Å². The molecule has 4 nitrogen and oxygen atoms in total. The van der Waals surface area contributed by atoms with Crippen molar-refractivity contribution in [3.05, 3.63) is 83.1 Å². The number of aromatic nitrogens is 2. The first-order chi connectivity index (χ1) is 11.7. The Bertz CT molecular complexity index is 820. The first-order valence-electron chi connectivity index (χ1n) is 7.58. The number of hydrogen-bond acceptors (Lipinski definition) is 3. The molecule has 0 aliphatic rings. The molecule has 0 radical (unpaired) electrons. The first kappa shape index (κ1) is 16.1. The smallest absolute Gasteiger partial charge is 0.224 e. The first-order valence-corrected chi connectivity index (χ1v) is 7.96. The number of carbonyl (C=O) groups excluding carboxylic acids is 1. The van der Waals surface area contributed by atoms with Crippen molar-refractivity contribution >= 4 is 17.5 Å². The number of halogens is 1. The molecule has 0 spiro atoms. The van der Waals surface area contributed by atoms with Gasteiger partial charge >= 0.3 is 0 Å². The zero-order chi connectivity index (χ0) is 16.8. The Morgan fingerprint density at radius 1 is 0.958 bits per heavy atom. The lowest BCUT2D eigenvalue weighted by atomic mass is 10.1. The van der Waals surface area contributed by atoms with E-state index in [2.05, 4.69) is 15.3 Å². The fourth-order valence-electron chi connectivity index (χ4n) is 2.29. The van der Waals surface area contributed by atoms with E-state index in [-0.39, 0.29) is 5.91 Å². The molecular formula is C19H16ClN3O. The molecule has 1 N–H and O–H groups in total. The van der Waals surface area contributed by atoms with E-state index < -0.39 is 0 Å². The molecule has 0 aliphatic heterocycles. The van der Waals surface area contributed by atoms with Crippen LogP contribution in [0.1, 0.15) is 11.1 Å². The number of nitrogens with one attached hydrogen (secondary N) is 1. The summed E-state index contributed by atoms with van der Waals surface area (Å²) in [5, 5.41) is 3.52. The SMILES string of the molecule is O=C(Cc1cccc(Cl)c1)NCc1ccc(-c2ccccn2)nc1. The number of benzene rings is 1. The highest BCUT2D eigenvalue weighted by Crippen LogP contribution is 2.14. The number of rotatable bonds is 5. The van der Waals surface area contributed by atoms with Crippen LogP contribution in [0.25, 0.3) is 11.4 Å². The Morgan fingerprint density at radius 3 is 2.54 bits per heavy atom. The Morgan fingerprint density at radius 2 is 1.83 bits per heavy atom. The average Bonchev–Trinajstić information content (AvgIpc) is 2.61. The topological polar surface area (TPSA) is 54.9 Å². The number of carbonyl (C=O) groups is 1. The number of nitrogens with zero attached hydrogens (tertiary/aromatic N) is 2. The lowest BCUT2D eigenvalue weighted by Crippen LogP contribution is -2.24. The molecule has 2 aromatic heterocycles. The van der Waals surface area contributed by atoms with Crippen LogP contribution in [0.15, 0.2) is 67.0 Å². The van der Waals surface area contributed by atoms with Gasteiger partial charge in [0.05, 0.1) is 17.8 Å². The Kier molecular flexibility index (Phi) is 5.18. The van der Waals surface area contributed by atoms with Crippen molar-refractivity contribution in [2.75, 3.05) is 0 Å². The molecule has 3 rings (SSSR count). The summed E-state index contributed by atoms with van der Waals surface area (Å²) in [5.74, 6) is -0.0499. The highest BCUT2D eigenvalue weighted by atomic mass is 35.5. The molecule has 0 aliphatic carbocycles. The number of hydrogen-bond donors (Lipinski definition) is 1. The third-order valence-electron chi connectivity index (χ3n) is 3.50. The fourth-order valence-corrected chi connectivity index (χ4v) is 2.50. The predicted octanol–water partition coefficient (Wildman–Crippen LogP) is 3.66. The second-order valence-corrected chi connectivity index (χ2v) is 5.79. The molecule has 0 atom stereocenters. The molecule has 1 aromatic carbocycles. The Labute approximate surface area is 145 Å². The molecule has 0 fully saturated rings. The Hall–Kier alpha value is -2.72. The van der Waals surface area contributed by atoms with Crippen LogP contribution in [-0.4, -0.2) is 15.9 Å². The maximum atomic E-state index is 12.0. The van der Waals surface area contributed by atoms with Crippen LogP contribution >= 0.6 is 11.6 Å². The lowest BCUT2D eigenvalue weighted by Gasteiger charge is -2.06. The van der Waals surface area contributed by atoms with Crippen LogP contribution in [-0.2, 0) is 17.8 Å². The molecule has 1 amide bonds. The minimum absolute atomic E-state index is 0.0499. The van der Waals surface area contributed by atoms with Gasteiger partial charge in [0.25, 0.3) is 0 Å². The monoisotopic (exact) mass is 337 g/mol. The molecule has 5 heteroatoms. The van der Waals surface area contributed by atoms with E-state index in [9.17, 15) is 4.79 Å². The van der Waals surface area contributed by atoms with Gasteiger partial charge in [-0.3, -0.25) is 14.8 Å². The van der Waals surface area contributed by atoms with Gasteiger partial charge in [0.2, 0.25) is 5.91 Å². The summed E-state index contributed by atoms with van der Waals surface area (Å²) < 4.78 is 0. The molecule has 3 aromatic rings. The van der Waals surface area contributed by atoms with Crippen LogP contribution in [0, 0.1) is 0 Å². The van der Waals surface area contributed by atoms with Gasteiger partial charge in [-0.15, -0.1) is 0 Å². The second-order valence-electron chi connectivity index (χ2n) is 5.35. The van der Waals surface area contributed by atoms with Gasteiger partial charge < -0.3 is 5.32 Å². The van der Waals surface area contributed by atoms with Crippen molar-refractivity contribution < 1.29 is 4.79 Å². The van der Waals surface area contributed by atoms with E-state index in [0.717, 1.165) is 22.5 Å². The highest BCUT2D eigenvalue weighted by molar-refractivity contribution is 6.30. The van der Waals surface area contributed by atoms with Crippen molar-refractivity contribution in [3.63, 3.8) is 0 Å². The molecule has 0 saturated carbocycles. The summed E-state index contributed by atoms with van der Waals surface area (Å²) in [6, 6.07) is 16.9. The summed E-state index contributed by atoms with van der Waals surface area (Å²) in [5.41, 5.74) is 3.47. The molecule has 120 valence electrons. The van der Waals surface area contributed by atoms with Crippen molar-refractivity contribution in [2.24, 2.45) is 0 Å². The van der Waals surface area contributed by atoms with Crippen molar-refractivity contribution in [1.82, 2.24) is 15.3 Å². The molecule has 0 bridgehead atoms. The van der Waals surface area contributed by atoms with Crippen LogP contribution in [0.3, 0.4) is 0 Å². The summed E-state index contributed by atoms with van der Waals surface area (Å²) in [6.45, 7) is 0.439. The van der Waals surface area contributed by atoms with Gasteiger partial charge in [0, 0.05) is 24.0 Å². The van der Waals surface area contributed by atoms with Gasteiger partial charge in [-0.2, -0.15) is 0 Å². The van der Waals surface area contributed by atoms with Gasteiger partial charge in [0.1, 0.15) is 0 Å². The molecule has 24 heavy (non-hydrogen) atoms. The van der Waals surface area contributed by atoms with Crippen molar-refractivity contribution in [2.45, 2.75) is 13.0 Å². The predicted molar refractivity (Wildman–Crippen MR) is 94.5 cm³/mol. The minimum atomic E-state index is -0.0499. The average molecular weight is 338 g/mol. The van der Waals surface area contributed by atoms with E-state index in [1.54, 1.807) is 24.5 Å². The summed E-state index contributed by atoms with van der Waals surface area (Å²) >= 11 is 5.92. The Balaban J connectivity index is 1.56. The van der Waals surface area contributed by atoms with E-state index in [1.807, 2.05) is 42.5 Å². The number of amides is 1. The second kappa shape index (κ2) is 7.70. The quantitative estimate of drug-likeness (QED) is 0.773. The zero-order valence-corrected chi connectivity index (χ0v) is 13.7. The zero-order valence-electron chi connectivity index (χ0n) is 12.9. The molecular weight excluding hydrogens is 322 g/mol. The summed E-state index contributed by atoms with van der Waals surface area (Å²) in [7, 11) is 0. The van der Waals surface area contributed by atoms with Gasteiger partial charge in [-0.05, 0) is 41.5 Å².